The van der Waals surface area contributed by atoms with E-state index < -0.39 is 5.60 Å². The van der Waals surface area contributed by atoms with Gasteiger partial charge in [-0.25, -0.2) is 0 Å². The first-order valence-electron chi connectivity index (χ1n) is 8.78. The number of rotatable bonds is 4. The van der Waals surface area contributed by atoms with E-state index in [1.165, 1.54) is 22.3 Å². The van der Waals surface area contributed by atoms with Gasteiger partial charge in [0, 0.05) is 18.7 Å². The predicted octanol–water partition coefficient (Wildman–Crippen LogP) is 3.15. The van der Waals surface area contributed by atoms with E-state index in [1.54, 1.807) is 0 Å². The number of aliphatic hydroxyl groups is 1. The van der Waals surface area contributed by atoms with Gasteiger partial charge in [0.2, 0.25) is 0 Å². The average Bonchev–Trinajstić information content (AvgIpc) is 3.03. The Labute approximate surface area is 161 Å². The summed E-state index contributed by atoms with van der Waals surface area (Å²) in [7, 11) is 0. The van der Waals surface area contributed by atoms with Crippen LogP contribution in [0.1, 0.15) is 33.5 Å². The molecule has 0 bridgehead atoms. The van der Waals surface area contributed by atoms with Gasteiger partial charge in [-0.1, -0.05) is 24.3 Å². The van der Waals surface area contributed by atoms with Gasteiger partial charge in [-0.05, 0) is 73.7 Å². The molecule has 0 spiro atoms. The van der Waals surface area contributed by atoms with Crippen molar-refractivity contribution >= 4 is 18.3 Å². The molecule has 3 rings (SSSR count). The highest BCUT2D eigenvalue weighted by atomic mass is 35.5. The molecule has 4 nitrogen and oxygen atoms in total. The van der Waals surface area contributed by atoms with Gasteiger partial charge in [-0.3, -0.25) is 4.79 Å². The zero-order valence-corrected chi connectivity index (χ0v) is 16.4. The molecule has 1 aliphatic rings. The quantitative estimate of drug-likeness (QED) is 0.770. The normalized spacial score (nSPS) is 19.1. The lowest BCUT2D eigenvalue weighted by atomic mass is 9.95. The molecule has 2 aromatic carbocycles. The van der Waals surface area contributed by atoms with E-state index in [4.69, 9.17) is 0 Å². The Kier molecular flexibility index (Phi) is 6.45. The number of hydrogen-bond donors (Lipinski definition) is 3. The fraction of sp³-hybridized carbons (Fsp3) is 0.381. The summed E-state index contributed by atoms with van der Waals surface area (Å²) in [5.41, 5.74) is 5.87. The van der Waals surface area contributed by atoms with Crippen molar-refractivity contribution in [2.24, 2.45) is 0 Å². The molecule has 0 saturated carbocycles. The van der Waals surface area contributed by atoms with Crippen LogP contribution < -0.4 is 10.6 Å². The van der Waals surface area contributed by atoms with E-state index in [0.717, 1.165) is 12.1 Å². The highest BCUT2D eigenvalue weighted by Gasteiger charge is 2.31. The Hall–Kier alpha value is -1.88. The van der Waals surface area contributed by atoms with Gasteiger partial charge in [0.05, 0.1) is 5.60 Å². The number of nitrogens with one attached hydrogen (secondary N) is 2. The highest BCUT2D eigenvalue weighted by Crippen LogP contribution is 2.26. The van der Waals surface area contributed by atoms with Crippen LogP contribution in [-0.2, 0) is 0 Å². The first-order valence-corrected chi connectivity index (χ1v) is 8.78. The molecular formula is C21H27ClN2O2. The summed E-state index contributed by atoms with van der Waals surface area (Å²) in [5.74, 6) is -0.149. The van der Waals surface area contributed by atoms with Crippen LogP contribution in [0.5, 0.6) is 0 Å². The minimum absolute atomic E-state index is 0. The number of hydrogen-bond acceptors (Lipinski definition) is 3. The van der Waals surface area contributed by atoms with E-state index >= 15 is 0 Å². The van der Waals surface area contributed by atoms with Crippen molar-refractivity contribution in [2.75, 3.05) is 19.6 Å². The molecule has 26 heavy (non-hydrogen) atoms. The van der Waals surface area contributed by atoms with Crippen molar-refractivity contribution in [3.63, 3.8) is 0 Å². The lowest BCUT2D eigenvalue weighted by Crippen LogP contribution is -2.44. The summed E-state index contributed by atoms with van der Waals surface area (Å²) in [6.07, 6.45) is 0.665. The smallest absolute Gasteiger partial charge is 0.251 e. The van der Waals surface area contributed by atoms with Crippen LogP contribution in [0.4, 0.5) is 0 Å². The molecule has 0 aliphatic carbocycles. The first-order chi connectivity index (χ1) is 11.9. The second-order valence-electron chi connectivity index (χ2n) is 7.16. The van der Waals surface area contributed by atoms with E-state index in [0.29, 0.717) is 18.5 Å². The standard InChI is InChI=1S/C21H26N2O2.ClH/c1-14-10-16(3)19(11-15(14)2)17-4-6-18(7-5-17)20(24)23-13-21(25)8-9-22-12-21;/h4-7,10-11,22,25H,8-9,12-13H2,1-3H3,(H,23,24);1H. The van der Waals surface area contributed by atoms with Crippen LogP contribution in [0.3, 0.4) is 0 Å². The molecule has 1 fully saturated rings. The van der Waals surface area contributed by atoms with Crippen molar-refractivity contribution in [1.29, 1.82) is 0 Å². The molecule has 2 aromatic rings. The van der Waals surface area contributed by atoms with E-state index in [1.807, 2.05) is 24.3 Å². The van der Waals surface area contributed by atoms with Gasteiger partial charge in [0.1, 0.15) is 0 Å². The second kappa shape index (κ2) is 8.21. The van der Waals surface area contributed by atoms with Crippen LogP contribution in [0, 0.1) is 20.8 Å². The maximum atomic E-state index is 12.3. The molecule has 5 heteroatoms. The zero-order valence-electron chi connectivity index (χ0n) is 15.6. The Morgan fingerprint density at radius 2 is 1.77 bits per heavy atom. The van der Waals surface area contributed by atoms with Crippen molar-refractivity contribution in [1.82, 2.24) is 10.6 Å². The summed E-state index contributed by atoms with van der Waals surface area (Å²) >= 11 is 0. The van der Waals surface area contributed by atoms with Crippen LogP contribution in [0.25, 0.3) is 11.1 Å². The van der Waals surface area contributed by atoms with Gasteiger partial charge in [0.25, 0.3) is 5.91 Å². The Bertz CT molecular complexity index is 781. The molecule has 0 aromatic heterocycles. The number of amides is 1. The molecule has 1 unspecified atom stereocenters. The average molecular weight is 375 g/mol. The van der Waals surface area contributed by atoms with Crippen molar-refractivity contribution in [2.45, 2.75) is 32.8 Å². The molecule has 1 atom stereocenters. The summed E-state index contributed by atoms with van der Waals surface area (Å²) in [5, 5.41) is 16.2. The number of β-amino-alcohol motifs (C(OH)–C–C–N with tert-alkyl or cyclic N) is 1. The van der Waals surface area contributed by atoms with E-state index in [2.05, 4.69) is 43.5 Å². The summed E-state index contributed by atoms with van der Waals surface area (Å²) in [4.78, 5) is 12.3. The monoisotopic (exact) mass is 374 g/mol. The van der Waals surface area contributed by atoms with Crippen LogP contribution in [0.15, 0.2) is 36.4 Å². The van der Waals surface area contributed by atoms with Gasteiger partial charge in [0.15, 0.2) is 0 Å². The van der Waals surface area contributed by atoms with Crippen LogP contribution in [0.2, 0.25) is 0 Å². The molecule has 1 amide bonds. The third-order valence-electron chi connectivity index (χ3n) is 5.10. The topological polar surface area (TPSA) is 61.4 Å². The molecule has 0 radical (unpaired) electrons. The Morgan fingerprint density at radius 3 is 2.38 bits per heavy atom. The molecule has 1 saturated heterocycles. The van der Waals surface area contributed by atoms with Crippen molar-refractivity contribution in [3.8, 4) is 11.1 Å². The lowest BCUT2D eigenvalue weighted by molar-refractivity contribution is 0.0562. The number of carbonyl (C=O) groups excluding carboxylic acids is 1. The number of carbonyl (C=O) groups is 1. The van der Waals surface area contributed by atoms with Crippen molar-refractivity contribution in [3.05, 3.63) is 58.7 Å². The first kappa shape index (κ1) is 20.4. The lowest BCUT2D eigenvalue weighted by Gasteiger charge is -2.21. The molecule has 1 aliphatic heterocycles. The molecule has 1 heterocycles. The fourth-order valence-electron chi connectivity index (χ4n) is 3.30. The van der Waals surface area contributed by atoms with Crippen LogP contribution >= 0.6 is 12.4 Å². The molecular weight excluding hydrogens is 348 g/mol. The van der Waals surface area contributed by atoms with Gasteiger partial charge in [-0.15, -0.1) is 12.4 Å². The number of benzene rings is 2. The molecule has 140 valence electrons. The predicted molar refractivity (Wildman–Crippen MR) is 108 cm³/mol. The van der Waals surface area contributed by atoms with E-state index in [-0.39, 0.29) is 24.9 Å². The Balaban J connectivity index is 0.00000243. The third kappa shape index (κ3) is 4.44. The summed E-state index contributed by atoms with van der Waals surface area (Å²) in [6.45, 7) is 7.93. The number of halogens is 1. The zero-order chi connectivity index (χ0) is 18.0. The number of aryl methyl sites for hydroxylation is 3. The van der Waals surface area contributed by atoms with E-state index in [9.17, 15) is 9.90 Å². The summed E-state index contributed by atoms with van der Waals surface area (Å²) in [6, 6.07) is 12.0. The largest absolute Gasteiger partial charge is 0.387 e. The van der Waals surface area contributed by atoms with Gasteiger partial charge in [-0.2, -0.15) is 0 Å². The molecule has 3 N–H and O–H groups in total. The second-order valence-corrected chi connectivity index (χ2v) is 7.16. The van der Waals surface area contributed by atoms with Gasteiger partial charge < -0.3 is 15.7 Å². The van der Waals surface area contributed by atoms with Gasteiger partial charge >= 0.3 is 0 Å². The fourth-order valence-corrected chi connectivity index (χ4v) is 3.30. The maximum Gasteiger partial charge on any atom is 0.251 e. The third-order valence-corrected chi connectivity index (χ3v) is 5.10. The minimum atomic E-state index is -0.827. The van der Waals surface area contributed by atoms with Crippen LogP contribution in [-0.4, -0.2) is 36.2 Å². The minimum Gasteiger partial charge on any atom is -0.387 e. The highest BCUT2D eigenvalue weighted by molar-refractivity contribution is 5.94. The maximum absolute atomic E-state index is 12.3. The Morgan fingerprint density at radius 1 is 1.12 bits per heavy atom. The SMILES string of the molecule is Cc1cc(C)c(-c2ccc(C(=O)NCC3(O)CCNC3)cc2)cc1C.Cl. The summed E-state index contributed by atoms with van der Waals surface area (Å²) < 4.78 is 0. The van der Waals surface area contributed by atoms with Crippen molar-refractivity contribution < 1.29 is 9.90 Å².